The van der Waals surface area contributed by atoms with Crippen molar-refractivity contribution in [2.45, 2.75) is 84.1 Å². The van der Waals surface area contributed by atoms with E-state index in [1.165, 1.54) is 86.9 Å². The van der Waals surface area contributed by atoms with Crippen LogP contribution in [0.3, 0.4) is 0 Å². The van der Waals surface area contributed by atoms with E-state index in [4.69, 9.17) is 5.11 Å². The minimum Gasteiger partial charge on any atom is -0.394 e. The van der Waals surface area contributed by atoms with Crippen molar-refractivity contribution in [3.05, 3.63) is 23.0 Å². The molecule has 4 aliphatic heterocycles. The van der Waals surface area contributed by atoms with Gasteiger partial charge in [0.1, 0.15) is 0 Å². The number of aliphatic hydroxyl groups excluding tert-OH is 1. The SMILES string of the molecule is C1=C(C2=NNCCCCC2)CCCCCC1.CC1=C(C)N2CCN1CC2CO. The number of piperazine rings is 1. The highest BCUT2D eigenvalue weighted by Crippen LogP contribution is 2.27. The molecule has 2 N–H and O–H groups in total. The predicted molar refractivity (Wildman–Crippen MR) is 117 cm³/mol. The number of hydrazone groups is 1. The van der Waals surface area contributed by atoms with Crippen molar-refractivity contribution >= 4 is 5.71 Å². The largest absolute Gasteiger partial charge is 0.394 e. The van der Waals surface area contributed by atoms with Crippen molar-refractivity contribution in [3.8, 4) is 0 Å². The summed E-state index contributed by atoms with van der Waals surface area (Å²) in [6, 6.07) is 0.336. The van der Waals surface area contributed by atoms with Crippen LogP contribution < -0.4 is 5.43 Å². The Morgan fingerprint density at radius 3 is 2.61 bits per heavy atom. The fourth-order valence-corrected chi connectivity index (χ4v) is 4.76. The predicted octanol–water partition coefficient (Wildman–Crippen LogP) is 4.02. The van der Waals surface area contributed by atoms with Crippen molar-refractivity contribution < 1.29 is 5.11 Å². The summed E-state index contributed by atoms with van der Waals surface area (Å²) in [7, 11) is 0. The highest BCUT2D eigenvalue weighted by atomic mass is 16.3. The molecular formula is C23H40N4O. The summed E-state index contributed by atoms with van der Waals surface area (Å²) in [4.78, 5) is 4.70. The van der Waals surface area contributed by atoms with Gasteiger partial charge in [-0.1, -0.05) is 25.3 Å². The van der Waals surface area contributed by atoms with Gasteiger partial charge in [-0.3, -0.25) is 0 Å². The van der Waals surface area contributed by atoms with Crippen molar-refractivity contribution in [3.63, 3.8) is 0 Å². The molecule has 5 rings (SSSR count). The smallest absolute Gasteiger partial charge is 0.0694 e. The zero-order valence-corrected chi connectivity index (χ0v) is 18.1. The third-order valence-corrected chi connectivity index (χ3v) is 6.70. The van der Waals surface area contributed by atoms with Crippen molar-refractivity contribution in [2.24, 2.45) is 5.10 Å². The summed E-state index contributed by atoms with van der Waals surface area (Å²) in [6.45, 7) is 8.84. The number of hydrogen-bond donors (Lipinski definition) is 2. The van der Waals surface area contributed by atoms with Gasteiger partial charge in [-0.2, -0.15) is 5.10 Å². The molecule has 0 radical (unpaired) electrons. The minimum absolute atomic E-state index is 0.279. The third kappa shape index (κ3) is 5.53. The number of hydrogen-bond acceptors (Lipinski definition) is 5. The van der Waals surface area contributed by atoms with Gasteiger partial charge in [0.2, 0.25) is 0 Å². The van der Waals surface area contributed by atoms with E-state index in [0.29, 0.717) is 6.04 Å². The quantitative estimate of drug-likeness (QED) is 0.750. The summed E-state index contributed by atoms with van der Waals surface area (Å²) in [5.41, 5.74) is 8.82. The molecule has 1 fully saturated rings. The van der Waals surface area contributed by atoms with Crippen LogP contribution in [0.2, 0.25) is 0 Å². The first-order valence-corrected chi connectivity index (χ1v) is 11.5. The Labute approximate surface area is 171 Å². The van der Waals surface area contributed by atoms with Crippen LogP contribution in [-0.2, 0) is 0 Å². The van der Waals surface area contributed by atoms with Gasteiger partial charge < -0.3 is 20.3 Å². The van der Waals surface area contributed by atoms with Crippen LogP contribution >= 0.6 is 0 Å². The minimum atomic E-state index is 0.279. The van der Waals surface area contributed by atoms with Crippen molar-refractivity contribution in [2.75, 3.05) is 32.8 Å². The maximum Gasteiger partial charge on any atom is 0.0694 e. The maximum atomic E-state index is 9.13. The fourth-order valence-electron chi connectivity index (χ4n) is 4.76. The van der Waals surface area contributed by atoms with Crippen LogP contribution in [0, 0.1) is 0 Å². The van der Waals surface area contributed by atoms with Gasteiger partial charge in [-0.25, -0.2) is 0 Å². The number of allylic oxidation sites excluding steroid dienone is 4. The standard InChI is InChI=1S/C14H24N2.C9H16N2O/c1-2-5-9-13(10-6-3-1)14-11-7-4-8-12-15-16-14;1-7-8(2)11-4-3-10(7)5-9(11)6-12/h9,15H,1-8,10-12H2;9,12H,3-6H2,1-2H3. The van der Waals surface area contributed by atoms with E-state index in [2.05, 4.69) is 40.3 Å². The number of nitrogens with one attached hydrogen (secondary N) is 1. The number of rotatable bonds is 2. The second-order valence-corrected chi connectivity index (χ2v) is 8.61. The Morgan fingerprint density at radius 2 is 1.79 bits per heavy atom. The Hall–Kier alpha value is -1.49. The molecule has 5 nitrogen and oxygen atoms in total. The second-order valence-electron chi connectivity index (χ2n) is 8.61. The van der Waals surface area contributed by atoms with Crippen LogP contribution in [0.1, 0.15) is 78.1 Å². The van der Waals surface area contributed by atoms with E-state index in [0.717, 1.165) is 26.2 Å². The van der Waals surface area contributed by atoms with Gasteiger partial charge in [0.25, 0.3) is 0 Å². The van der Waals surface area contributed by atoms with Gasteiger partial charge >= 0.3 is 0 Å². The van der Waals surface area contributed by atoms with E-state index >= 15 is 0 Å². The Bertz CT molecular complexity index is 567. The van der Waals surface area contributed by atoms with Gasteiger partial charge in [0, 0.05) is 37.6 Å². The van der Waals surface area contributed by atoms with E-state index in [1.54, 1.807) is 0 Å². The molecule has 28 heavy (non-hydrogen) atoms. The molecule has 0 amide bonds. The van der Waals surface area contributed by atoms with Crippen LogP contribution in [0.25, 0.3) is 0 Å². The zero-order valence-electron chi connectivity index (χ0n) is 18.1. The summed E-state index contributed by atoms with van der Waals surface area (Å²) in [5.74, 6) is 0. The normalized spacial score (nSPS) is 26.0. The number of nitrogens with zero attached hydrogens (tertiary/aromatic N) is 3. The lowest BCUT2D eigenvalue weighted by molar-refractivity contribution is 0.0504. The molecule has 0 spiro atoms. The van der Waals surface area contributed by atoms with E-state index < -0.39 is 0 Å². The van der Waals surface area contributed by atoms with E-state index in [1.807, 2.05) is 0 Å². The van der Waals surface area contributed by atoms with Crippen LogP contribution in [-0.4, -0.2) is 59.4 Å². The zero-order chi connectivity index (χ0) is 19.8. The highest BCUT2D eigenvalue weighted by Gasteiger charge is 2.32. The summed E-state index contributed by atoms with van der Waals surface area (Å²) in [6.07, 6.45) is 15.6. The Balaban J connectivity index is 0.000000167. The van der Waals surface area contributed by atoms with Crippen molar-refractivity contribution in [1.29, 1.82) is 0 Å². The Morgan fingerprint density at radius 1 is 1.00 bits per heavy atom. The van der Waals surface area contributed by atoms with Gasteiger partial charge in [0.05, 0.1) is 18.4 Å². The van der Waals surface area contributed by atoms with Crippen molar-refractivity contribution in [1.82, 2.24) is 15.2 Å². The lowest BCUT2D eigenvalue weighted by Gasteiger charge is -2.50. The van der Waals surface area contributed by atoms with E-state index in [-0.39, 0.29) is 6.61 Å². The first-order chi connectivity index (χ1) is 13.7. The molecule has 1 unspecified atom stereocenters. The highest BCUT2D eigenvalue weighted by molar-refractivity contribution is 5.99. The second kappa shape index (κ2) is 10.9. The van der Waals surface area contributed by atoms with Gasteiger partial charge in [-0.15, -0.1) is 0 Å². The topological polar surface area (TPSA) is 51.1 Å². The Kier molecular flexibility index (Phi) is 8.26. The van der Waals surface area contributed by atoms with Gasteiger partial charge in [-0.05, 0) is 64.4 Å². The third-order valence-electron chi connectivity index (χ3n) is 6.70. The van der Waals surface area contributed by atoms with Crippen LogP contribution in [0.4, 0.5) is 0 Å². The summed E-state index contributed by atoms with van der Waals surface area (Å²) >= 11 is 0. The number of aliphatic hydroxyl groups is 1. The number of fused-ring (bicyclic) bond motifs is 2. The molecule has 158 valence electrons. The monoisotopic (exact) mass is 388 g/mol. The lowest BCUT2D eigenvalue weighted by Crippen LogP contribution is -2.57. The summed E-state index contributed by atoms with van der Waals surface area (Å²) < 4.78 is 0. The molecular weight excluding hydrogens is 348 g/mol. The molecule has 5 heteroatoms. The molecule has 0 aromatic heterocycles. The lowest BCUT2D eigenvalue weighted by atomic mass is 9.94. The first kappa shape index (κ1) is 21.2. The average molecular weight is 389 g/mol. The van der Waals surface area contributed by atoms with Crippen LogP contribution in [0.5, 0.6) is 0 Å². The van der Waals surface area contributed by atoms with E-state index in [9.17, 15) is 0 Å². The fraction of sp³-hybridized carbons (Fsp3) is 0.783. The molecule has 0 aromatic carbocycles. The average Bonchev–Trinajstić information content (AvgIpc) is 2.66. The maximum absolute atomic E-state index is 9.13. The molecule has 0 saturated carbocycles. The molecule has 4 heterocycles. The van der Waals surface area contributed by atoms with Gasteiger partial charge in [0.15, 0.2) is 0 Å². The van der Waals surface area contributed by atoms with Crippen LogP contribution in [0.15, 0.2) is 28.1 Å². The molecule has 1 aliphatic carbocycles. The molecule has 0 aromatic rings. The molecule has 2 bridgehead atoms. The molecule has 1 saturated heterocycles. The summed E-state index contributed by atoms with van der Waals surface area (Å²) in [5, 5.41) is 13.7. The first-order valence-electron chi connectivity index (χ1n) is 11.5. The molecule has 5 aliphatic rings. The molecule has 1 atom stereocenters.